The van der Waals surface area contributed by atoms with Crippen molar-refractivity contribution in [3.63, 3.8) is 0 Å². The summed E-state index contributed by atoms with van der Waals surface area (Å²) in [6.45, 7) is 4.35. The van der Waals surface area contributed by atoms with E-state index in [4.69, 9.17) is 10.5 Å². The number of carbonyl (C=O) groups is 1. The zero-order valence-corrected chi connectivity index (χ0v) is 19.2. The van der Waals surface area contributed by atoms with Crippen LogP contribution >= 0.6 is 0 Å². The summed E-state index contributed by atoms with van der Waals surface area (Å²) in [6.07, 6.45) is 3.08. The first kappa shape index (κ1) is 22.9. The van der Waals surface area contributed by atoms with Crippen LogP contribution in [0.5, 0.6) is 5.75 Å². The average Bonchev–Trinajstić information content (AvgIpc) is 3.19. The lowest BCUT2D eigenvalue weighted by atomic mass is 10.0. The second-order valence-electron chi connectivity index (χ2n) is 8.73. The molecule has 0 radical (unpaired) electrons. The maximum atomic E-state index is 13.0. The molecule has 3 heterocycles. The third-order valence-electron chi connectivity index (χ3n) is 5.95. The number of aromatic nitrogens is 2. The number of hydrogen-bond acceptors (Lipinski definition) is 7. The van der Waals surface area contributed by atoms with Crippen LogP contribution in [0.15, 0.2) is 48.7 Å². The Morgan fingerprint density at radius 1 is 1.30 bits per heavy atom. The zero-order chi connectivity index (χ0) is 23.4. The number of carbonyl (C=O) groups excluding carboxylic acids is 1. The van der Waals surface area contributed by atoms with Gasteiger partial charge in [-0.2, -0.15) is 0 Å². The number of aryl methyl sites for hydroxylation is 1. The Labute approximate surface area is 194 Å². The number of nitrogens with zero attached hydrogens (tertiary/aromatic N) is 4. The Hall–Kier alpha value is -3.23. The van der Waals surface area contributed by atoms with Gasteiger partial charge in [-0.1, -0.05) is 6.07 Å². The van der Waals surface area contributed by atoms with Crippen LogP contribution in [0.1, 0.15) is 28.9 Å². The molecule has 33 heavy (non-hydrogen) atoms. The molecule has 4 rings (SSSR count). The summed E-state index contributed by atoms with van der Waals surface area (Å²) < 4.78 is 5.66. The Kier molecular flexibility index (Phi) is 6.76. The van der Waals surface area contributed by atoms with Crippen molar-refractivity contribution < 1.29 is 14.6 Å². The molecule has 3 N–H and O–H groups in total. The summed E-state index contributed by atoms with van der Waals surface area (Å²) in [4.78, 5) is 25.8. The highest BCUT2D eigenvalue weighted by molar-refractivity contribution is 5.94. The largest absolute Gasteiger partial charge is 0.494 e. The molecule has 1 saturated heterocycles. The van der Waals surface area contributed by atoms with E-state index < -0.39 is 5.60 Å². The van der Waals surface area contributed by atoms with Crippen molar-refractivity contribution in [3.8, 4) is 5.75 Å². The van der Waals surface area contributed by atoms with E-state index in [2.05, 4.69) is 14.9 Å². The summed E-state index contributed by atoms with van der Waals surface area (Å²) >= 11 is 0. The molecule has 1 atom stereocenters. The number of benzene rings is 1. The summed E-state index contributed by atoms with van der Waals surface area (Å²) in [6, 6.07) is 13.0. The Balaban J connectivity index is 1.44. The molecule has 8 nitrogen and oxygen atoms in total. The fraction of sp³-hybridized carbons (Fsp3) is 0.400. The van der Waals surface area contributed by atoms with Crippen LogP contribution < -0.4 is 15.4 Å². The van der Waals surface area contributed by atoms with E-state index in [9.17, 15) is 9.90 Å². The number of fused-ring (bicyclic) bond motifs is 1. The van der Waals surface area contributed by atoms with Gasteiger partial charge in [-0.3, -0.25) is 9.78 Å². The quantitative estimate of drug-likeness (QED) is 0.509. The van der Waals surface area contributed by atoms with Gasteiger partial charge in [0.15, 0.2) is 0 Å². The van der Waals surface area contributed by atoms with Gasteiger partial charge in [-0.15, -0.1) is 0 Å². The maximum absolute atomic E-state index is 13.0. The van der Waals surface area contributed by atoms with Crippen LogP contribution in [0, 0.1) is 6.92 Å². The molecule has 174 valence electrons. The van der Waals surface area contributed by atoms with Gasteiger partial charge in [-0.05, 0) is 62.7 Å². The van der Waals surface area contributed by atoms with Gasteiger partial charge in [-0.25, -0.2) is 4.98 Å². The van der Waals surface area contributed by atoms with Gasteiger partial charge in [0.2, 0.25) is 0 Å². The Bertz CT molecular complexity index is 1140. The van der Waals surface area contributed by atoms with Crippen molar-refractivity contribution in [1.29, 1.82) is 0 Å². The number of ether oxygens (including phenoxy) is 1. The smallest absolute Gasteiger partial charge is 0.253 e. The molecule has 0 spiro atoms. The number of likely N-dealkylation sites (N-methyl/N-ethyl adjacent to an activating group) is 1. The van der Waals surface area contributed by atoms with E-state index in [-0.39, 0.29) is 12.5 Å². The molecule has 2 aromatic heterocycles. The number of pyridine rings is 2. The predicted molar refractivity (Wildman–Crippen MR) is 129 cm³/mol. The zero-order valence-electron chi connectivity index (χ0n) is 19.2. The molecule has 3 aromatic rings. The molecular weight excluding hydrogens is 418 g/mol. The van der Waals surface area contributed by atoms with Crippen LogP contribution in [0.4, 0.5) is 5.69 Å². The van der Waals surface area contributed by atoms with E-state index in [0.717, 1.165) is 28.8 Å². The molecular formula is C25H31N5O3. The lowest BCUT2D eigenvalue weighted by Gasteiger charge is -2.29. The second-order valence-corrected chi connectivity index (χ2v) is 8.73. The van der Waals surface area contributed by atoms with Crippen molar-refractivity contribution in [2.45, 2.75) is 25.4 Å². The number of anilines is 1. The Morgan fingerprint density at radius 2 is 2.15 bits per heavy atom. The molecule has 1 fully saturated rings. The standard InChI is InChI=1S/C25H31N5O3/c1-18-7-8-21-23(28-18)22(9-12-27-21)30-13-10-25(32,17-30)16-29(2)24(31)19-5-3-6-20(15-19)33-14-4-11-26/h3,5-9,12,15,32H,4,10-11,13-14,16-17,26H2,1-2H3/t25-/m0/s1. The summed E-state index contributed by atoms with van der Waals surface area (Å²) in [7, 11) is 1.72. The normalized spacial score (nSPS) is 18.0. The van der Waals surface area contributed by atoms with Gasteiger partial charge in [0.25, 0.3) is 5.91 Å². The predicted octanol–water partition coefficient (Wildman–Crippen LogP) is 2.38. The van der Waals surface area contributed by atoms with Crippen LogP contribution in [0.3, 0.4) is 0 Å². The lowest BCUT2D eigenvalue weighted by molar-refractivity contribution is 0.0264. The molecule has 8 heteroatoms. The number of rotatable bonds is 8. The topological polar surface area (TPSA) is 105 Å². The van der Waals surface area contributed by atoms with Gasteiger partial charge in [0, 0.05) is 37.6 Å². The fourth-order valence-electron chi connectivity index (χ4n) is 4.28. The fourth-order valence-corrected chi connectivity index (χ4v) is 4.28. The molecule has 0 bridgehead atoms. The number of nitrogens with two attached hydrogens (primary N) is 1. The molecule has 1 amide bonds. The third kappa shape index (κ3) is 5.23. The first-order valence-electron chi connectivity index (χ1n) is 11.3. The maximum Gasteiger partial charge on any atom is 0.253 e. The molecule has 0 aliphatic carbocycles. The first-order chi connectivity index (χ1) is 15.9. The summed E-state index contributed by atoms with van der Waals surface area (Å²) in [5.74, 6) is 0.485. The highest BCUT2D eigenvalue weighted by atomic mass is 16.5. The van der Waals surface area contributed by atoms with Crippen LogP contribution in [-0.4, -0.2) is 71.3 Å². The van der Waals surface area contributed by atoms with Crippen LogP contribution in [0.2, 0.25) is 0 Å². The highest BCUT2D eigenvalue weighted by Gasteiger charge is 2.38. The SMILES string of the molecule is Cc1ccc2nccc(N3CC[C@](O)(CN(C)C(=O)c4cccc(OCCCN)c4)C3)c2n1. The van der Waals surface area contributed by atoms with Gasteiger partial charge < -0.3 is 25.4 Å². The molecule has 1 aliphatic heterocycles. The monoisotopic (exact) mass is 449 g/mol. The number of amides is 1. The average molecular weight is 450 g/mol. The van der Waals surface area contributed by atoms with E-state index in [1.54, 1.807) is 36.3 Å². The molecule has 1 aromatic carbocycles. The number of aliphatic hydroxyl groups is 1. The summed E-state index contributed by atoms with van der Waals surface area (Å²) in [5, 5.41) is 11.3. The second kappa shape index (κ2) is 9.72. The van der Waals surface area contributed by atoms with Crippen molar-refractivity contribution in [1.82, 2.24) is 14.9 Å². The minimum atomic E-state index is -1.01. The first-order valence-corrected chi connectivity index (χ1v) is 11.3. The minimum Gasteiger partial charge on any atom is -0.494 e. The Morgan fingerprint density at radius 3 is 2.97 bits per heavy atom. The highest BCUT2D eigenvalue weighted by Crippen LogP contribution is 2.31. The van der Waals surface area contributed by atoms with Gasteiger partial charge >= 0.3 is 0 Å². The van der Waals surface area contributed by atoms with Gasteiger partial charge in [0.05, 0.1) is 24.4 Å². The van der Waals surface area contributed by atoms with Crippen molar-refractivity contribution in [2.24, 2.45) is 5.73 Å². The van der Waals surface area contributed by atoms with Crippen molar-refractivity contribution in [3.05, 3.63) is 59.9 Å². The van der Waals surface area contributed by atoms with Crippen molar-refractivity contribution in [2.75, 3.05) is 44.7 Å². The lowest BCUT2D eigenvalue weighted by Crippen LogP contribution is -2.45. The van der Waals surface area contributed by atoms with Gasteiger partial charge in [0.1, 0.15) is 16.9 Å². The molecule has 1 aliphatic rings. The number of β-amino-alcohol motifs (C(OH)–C–C–N with tert-alkyl or cyclic N) is 1. The van der Waals surface area contributed by atoms with E-state index in [1.165, 1.54) is 0 Å². The molecule has 0 saturated carbocycles. The summed E-state index contributed by atoms with van der Waals surface area (Å²) in [5.41, 5.74) is 8.56. The van der Waals surface area contributed by atoms with E-state index in [1.807, 2.05) is 31.2 Å². The minimum absolute atomic E-state index is 0.155. The molecule has 0 unspecified atom stereocenters. The van der Waals surface area contributed by atoms with E-state index in [0.29, 0.717) is 44.0 Å². The van der Waals surface area contributed by atoms with Crippen LogP contribution in [-0.2, 0) is 0 Å². The third-order valence-corrected chi connectivity index (χ3v) is 5.95. The van der Waals surface area contributed by atoms with Crippen molar-refractivity contribution >= 4 is 22.6 Å². The van der Waals surface area contributed by atoms with E-state index >= 15 is 0 Å². The van der Waals surface area contributed by atoms with Crippen LogP contribution in [0.25, 0.3) is 11.0 Å². The number of hydrogen-bond donors (Lipinski definition) is 2.